The van der Waals surface area contributed by atoms with E-state index in [0.717, 1.165) is 5.56 Å². The number of carbonyl (C=O) groups is 1. The van der Waals surface area contributed by atoms with Gasteiger partial charge >= 0.3 is 5.97 Å². The number of pyridine rings is 1. The van der Waals surface area contributed by atoms with Gasteiger partial charge in [-0.3, -0.25) is 4.68 Å². The van der Waals surface area contributed by atoms with Gasteiger partial charge in [0.25, 0.3) is 0 Å². The van der Waals surface area contributed by atoms with Gasteiger partial charge in [-0.05, 0) is 50.1 Å². The lowest BCUT2D eigenvalue weighted by Crippen LogP contribution is -2.11. The molecular formula is C18H23ClN6O3. The van der Waals surface area contributed by atoms with Crippen molar-refractivity contribution in [2.24, 2.45) is 9.98 Å². The average Bonchev–Trinajstić information content (AvgIpc) is 3.03. The Bertz CT molecular complexity index is 878. The van der Waals surface area contributed by atoms with Crippen LogP contribution in [0, 0.1) is 6.92 Å². The molecular weight excluding hydrogens is 384 g/mol. The van der Waals surface area contributed by atoms with Gasteiger partial charge in [0.2, 0.25) is 5.29 Å². The van der Waals surface area contributed by atoms with Crippen LogP contribution in [-0.2, 0) is 16.0 Å². The fraction of sp³-hybridized carbons (Fsp3) is 0.389. The Labute approximate surface area is 168 Å². The molecule has 9 nitrogen and oxygen atoms in total. The number of hydrogen-bond acceptors (Lipinski definition) is 6. The number of esters is 1. The molecule has 2 aromatic heterocycles. The standard InChI is InChI=1S/C18H23ClN6O3/c1-5-28-9-8-25-11-14(16(24-25)17(26)27-4)23-18(19)22-13(3)21-15-10-12(2)6-7-20-15/h6-7,10-11H,5,8-9H2,1-4H3,(H,20,21,22,23). The number of nitrogens with one attached hydrogen (secondary N) is 1. The van der Waals surface area contributed by atoms with Crippen LogP contribution < -0.4 is 5.32 Å². The van der Waals surface area contributed by atoms with Crippen LogP contribution in [-0.4, -0.2) is 52.2 Å². The molecule has 10 heteroatoms. The van der Waals surface area contributed by atoms with Gasteiger partial charge in [0.05, 0.1) is 25.9 Å². The number of aliphatic imine (C=N–C) groups is 2. The zero-order chi connectivity index (χ0) is 20.5. The minimum atomic E-state index is -0.587. The number of aryl methyl sites for hydroxylation is 1. The predicted octanol–water partition coefficient (Wildman–Crippen LogP) is 3.17. The zero-order valence-electron chi connectivity index (χ0n) is 16.3. The Morgan fingerprint density at radius 3 is 2.89 bits per heavy atom. The van der Waals surface area contributed by atoms with E-state index < -0.39 is 5.97 Å². The molecule has 0 aromatic carbocycles. The molecule has 0 atom stereocenters. The molecule has 150 valence electrons. The summed E-state index contributed by atoms with van der Waals surface area (Å²) in [7, 11) is 1.28. The van der Waals surface area contributed by atoms with E-state index in [1.54, 1.807) is 24.0 Å². The van der Waals surface area contributed by atoms with E-state index in [1.165, 1.54) is 7.11 Å². The van der Waals surface area contributed by atoms with Crippen LogP contribution in [0.3, 0.4) is 0 Å². The molecule has 0 fully saturated rings. The number of nitrogens with zero attached hydrogens (tertiary/aromatic N) is 5. The summed E-state index contributed by atoms with van der Waals surface area (Å²) in [6.07, 6.45) is 3.31. The summed E-state index contributed by atoms with van der Waals surface area (Å²) in [4.78, 5) is 24.6. The highest BCUT2D eigenvalue weighted by atomic mass is 35.5. The molecule has 0 bridgehead atoms. The van der Waals surface area contributed by atoms with Crippen LogP contribution in [0.4, 0.5) is 11.5 Å². The maximum absolute atomic E-state index is 12.0. The van der Waals surface area contributed by atoms with E-state index >= 15 is 0 Å². The van der Waals surface area contributed by atoms with E-state index in [0.29, 0.717) is 37.1 Å². The van der Waals surface area contributed by atoms with E-state index in [2.05, 4.69) is 25.4 Å². The first kappa shape index (κ1) is 21.5. The lowest BCUT2D eigenvalue weighted by Gasteiger charge is -2.03. The van der Waals surface area contributed by atoms with Crippen molar-refractivity contribution in [1.82, 2.24) is 14.8 Å². The Morgan fingerprint density at radius 2 is 2.21 bits per heavy atom. The third kappa shape index (κ3) is 6.43. The largest absolute Gasteiger partial charge is 0.464 e. The first-order chi connectivity index (χ1) is 13.4. The van der Waals surface area contributed by atoms with Crippen molar-refractivity contribution >= 4 is 40.2 Å². The summed E-state index contributed by atoms with van der Waals surface area (Å²) in [6.45, 7) is 7.10. The summed E-state index contributed by atoms with van der Waals surface area (Å²) in [5.41, 5.74) is 1.51. The topological polar surface area (TPSA) is 103 Å². The maximum atomic E-state index is 12.0. The lowest BCUT2D eigenvalue weighted by molar-refractivity contribution is 0.0593. The molecule has 0 saturated carbocycles. The number of amidine groups is 2. The minimum absolute atomic E-state index is 0.0309. The van der Waals surface area contributed by atoms with Crippen LogP contribution >= 0.6 is 11.6 Å². The number of hydrogen-bond donors (Lipinski definition) is 1. The van der Waals surface area contributed by atoms with Gasteiger partial charge in [-0.25, -0.2) is 19.8 Å². The van der Waals surface area contributed by atoms with Crippen molar-refractivity contribution < 1.29 is 14.3 Å². The van der Waals surface area contributed by atoms with E-state index in [1.807, 2.05) is 26.0 Å². The van der Waals surface area contributed by atoms with Crippen LogP contribution in [0.15, 0.2) is 34.5 Å². The van der Waals surface area contributed by atoms with Crippen molar-refractivity contribution in [3.8, 4) is 0 Å². The molecule has 1 N–H and O–H groups in total. The quantitative estimate of drug-likeness (QED) is 0.249. The monoisotopic (exact) mass is 406 g/mol. The van der Waals surface area contributed by atoms with E-state index in [4.69, 9.17) is 21.1 Å². The van der Waals surface area contributed by atoms with Crippen LogP contribution in [0.5, 0.6) is 0 Å². The van der Waals surface area contributed by atoms with Crippen molar-refractivity contribution in [3.63, 3.8) is 0 Å². The normalized spacial score (nSPS) is 12.2. The smallest absolute Gasteiger partial charge is 0.360 e. The van der Waals surface area contributed by atoms with Gasteiger partial charge < -0.3 is 14.8 Å². The second-order valence-corrected chi connectivity index (χ2v) is 6.08. The van der Waals surface area contributed by atoms with Gasteiger partial charge in [-0.15, -0.1) is 0 Å². The second-order valence-electron chi connectivity index (χ2n) is 5.72. The number of methoxy groups -OCH3 is 1. The fourth-order valence-electron chi connectivity index (χ4n) is 2.23. The number of ether oxygens (including phenoxy) is 2. The van der Waals surface area contributed by atoms with Crippen molar-refractivity contribution in [2.75, 3.05) is 25.6 Å². The summed E-state index contributed by atoms with van der Waals surface area (Å²) in [6, 6.07) is 3.71. The summed E-state index contributed by atoms with van der Waals surface area (Å²) in [5.74, 6) is 0.347. The van der Waals surface area contributed by atoms with Gasteiger partial charge in [0.1, 0.15) is 5.84 Å². The Morgan fingerprint density at radius 1 is 1.43 bits per heavy atom. The summed E-state index contributed by atoms with van der Waals surface area (Å²) >= 11 is 6.19. The third-order valence-electron chi connectivity index (χ3n) is 3.48. The van der Waals surface area contributed by atoms with Crippen molar-refractivity contribution in [3.05, 3.63) is 35.8 Å². The summed E-state index contributed by atoms with van der Waals surface area (Å²) < 4.78 is 11.6. The lowest BCUT2D eigenvalue weighted by atomic mass is 10.3. The SMILES string of the molecule is CCOCCn1cc(NC(Cl)=NC(C)=Nc2cc(C)ccn2)c(C(=O)OC)n1. The van der Waals surface area contributed by atoms with Gasteiger partial charge in [0, 0.05) is 19.0 Å². The first-order valence-corrected chi connectivity index (χ1v) is 9.03. The second kappa shape index (κ2) is 10.5. The molecule has 0 aliphatic heterocycles. The highest BCUT2D eigenvalue weighted by Gasteiger charge is 2.18. The van der Waals surface area contributed by atoms with Crippen molar-refractivity contribution in [2.45, 2.75) is 27.3 Å². The number of carbonyl (C=O) groups excluding carboxylic acids is 1. The summed E-state index contributed by atoms with van der Waals surface area (Å²) in [5, 5.41) is 7.09. The minimum Gasteiger partial charge on any atom is -0.464 e. The number of halogens is 1. The highest BCUT2D eigenvalue weighted by Crippen LogP contribution is 2.16. The number of aromatic nitrogens is 3. The third-order valence-corrected chi connectivity index (χ3v) is 3.66. The Hall–Kier alpha value is -2.78. The first-order valence-electron chi connectivity index (χ1n) is 8.65. The van der Waals surface area contributed by atoms with Crippen LogP contribution in [0.25, 0.3) is 0 Å². The average molecular weight is 407 g/mol. The Kier molecular flexibility index (Phi) is 8.09. The molecule has 2 heterocycles. The molecule has 0 aliphatic carbocycles. The van der Waals surface area contributed by atoms with Gasteiger partial charge in [-0.2, -0.15) is 5.10 Å². The van der Waals surface area contributed by atoms with E-state index in [9.17, 15) is 4.79 Å². The molecule has 0 saturated heterocycles. The molecule has 2 aromatic rings. The molecule has 28 heavy (non-hydrogen) atoms. The highest BCUT2D eigenvalue weighted by molar-refractivity contribution is 6.68. The Balaban J connectivity index is 2.17. The number of anilines is 1. The van der Waals surface area contributed by atoms with Crippen LogP contribution in [0.2, 0.25) is 0 Å². The van der Waals surface area contributed by atoms with Gasteiger partial charge in [-0.1, -0.05) is 0 Å². The van der Waals surface area contributed by atoms with E-state index in [-0.39, 0.29) is 11.0 Å². The fourth-order valence-corrected chi connectivity index (χ4v) is 2.45. The number of rotatable bonds is 7. The molecule has 0 radical (unpaired) electrons. The molecule has 0 spiro atoms. The molecule has 0 unspecified atom stereocenters. The van der Waals surface area contributed by atoms with Crippen LogP contribution in [0.1, 0.15) is 29.9 Å². The zero-order valence-corrected chi connectivity index (χ0v) is 17.0. The molecule has 2 rings (SSSR count). The maximum Gasteiger partial charge on any atom is 0.360 e. The molecule has 0 amide bonds. The van der Waals surface area contributed by atoms with Gasteiger partial charge in [0.15, 0.2) is 11.5 Å². The predicted molar refractivity (Wildman–Crippen MR) is 109 cm³/mol. The molecule has 0 aliphatic rings. The van der Waals surface area contributed by atoms with Crippen molar-refractivity contribution in [1.29, 1.82) is 0 Å².